The largest absolute Gasteiger partial charge is 0.462 e. The predicted octanol–water partition coefficient (Wildman–Crippen LogP) is 4.73. The van der Waals surface area contributed by atoms with E-state index in [1.54, 1.807) is 19.1 Å². The zero-order valence-electron chi connectivity index (χ0n) is 19.2. The first-order valence-electron chi connectivity index (χ1n) is 11.3. The zero-order valence-corrected chi connectivity index (χ0v) is 20.0. The van der Waals surface area contributed by atoms with Crippen molar-refractivity contribution in [2.75, 3.05) is 25.0 Å². The van der Waals surface area contributed by atoms with Crippen molar-refractivity contribution < 1.29 is 18.8 Å². The van der Waals surface area contributed by atoms with Gasteiger partial charge in [-0.25, -0.2) is 4.79 Å². The number of aryl methyl sites for hydroxylation is 1. The number of hydrogen-bond acceptors (Lipinski definition) is 7. The van der Waals surface area contributed by atoms with E-state index in [1.165, 1.54) is 11.6 Å². The van der Waals surface area contributed by atoms with Gasteiger partial charge in [-0.15, -0.1) is 0 Å². The number of halogens is 1. The number of nitrogens with one attached hydrogen (secondary N) is 1. The van der Waals surface area contributed by atoms with E-state index in [-0.39, 0.29) is 18.4 Å². The van der Waals surface area contributed by atoms with Gasteiger partial charge in [-0.05, 0) is 51.4 Å². The van der Waals surface area contributed by atoms with Crippen molar-refractivity contribution in [3.63, 3.8) is 0 Å². The molecular formula is C25H27ClN4O4. The first kappa shape index (κ1) is 23.9. The molecule has 178 valence electrons. The number of carbonyl (C=O) groups is 2. The number of benzene rings is 2. The number of ether oxygens (including phenoxy) is 1. The molecule has 1 atom stereocenters. The average molecular weight is 483 g/mol. The first-order chi connectivity index (χ1) is 16.4. The Balaban J connectivity index is 1.35. The minimum atomic E-state index is -0.447. The number of nitrogens with zero attached hydrogens (tertiary/aromatic N) is 3. The molecule has 34 heavy (non-hydrogen) atoms. The molecule has 0 aliphatic carbocycles. The van der Waals surface area contributed by atoms with Crippen molar-refractivity contribution in [2.24, 2.45) is 5.92 Å². The minimum Gasteiger partial charge on any atom is -0.462 e. The lowest BCUT2D eigenvalue weighted by molar-refractivity contribution is -0.121. The molecule has 0 spiro atoms. The molecule has 1 aliphatic heterocycles. The van der Waals surface area contributed by atoms with E-state index in [0.29, 0.717) is 41.1 Å². The molecular weight excluding hydrogens is 456 g/mol. The van der Waals surface area contributed by atoms with Gasteiger partial charge < -0.3 is 14.6 Å². The summed E-state index contributed by atoms with van der Waals surface area (Å²) in [6.07, 6.45) is 1.66. The third kappa shape index (κ3) is 5.81. The smallest absolute Gasteiger partial charge is 0.338 e. The Bertz CT molecular complexity index is 1160. The summed E-state index contributed by atoms with van der Waals surface area (Å²) in [6, 6.07) is 12.7. The standard InChI is InChI=1S/C25H27ClN4O4/c1-3-33-25(32)18-10-11-21(20(26)13-18)27-24(31)19-5-4-12-30(14-19)15-22-28-23(29-34-22)17-8-6-16(2)7-9-17/h6-11,13,19H,3-5,12,14-15H2,1-2H3,(H,27,31). The number of piperidine rings is 1. The lowest BCUT2D eigenvalue weighted by atomic mass is 9.97. The Morgan fingerprint density at radius 3 is 2.76 bits per heavy atom. The number of carbonyl (C=O) groups excluding carboxylic acids is 2. The van der Waals surface area contributed by atoms with Crippen LogP contribution >= 0.6 is 11.6 Å². The Labute approximate surface area is 203 Å². The molecule has 1 amide bonds. The second kappa shape index (κ2) is 10.8. The SMILES string of the molecule is CCOC(=O)c1ccc(NC(=O)C2CCCN(Cc3nc(-c4ccc(C)cc4)no3)C2)c(Cl)c1. The molecule has 2 heterocycles. The van der Waals surface area contributed by atoms with E-state index in [2.05, 4.69) is 20.4 Å². The fraction of sp³-hybridized carbons (Fsp3) is 0.360. The maximum atomic E-state index is 12.9. The lowest BCUT2D eigenvalue weighted by Crippen LogP contribution is -2.40. The van der Waals surface area contributed by atoms with Crippen LogP contribution in [0.1, 0.15) is 41.6 Å². The quantitative estimate of drug-likeness (QED) is 0.486. The molecule has 3 aromatic rings. The number of amides is 1. The summed E-state index contributed by atoms with van der Waals surface area (Å²) in [5, 5.41) is 7.28. The van der Waals surface area contributed by atoms with Crippen molar-refractivity contribution in [3.8, 4) is 11.4 Å². The Morgan fingerprint density at radius 1 is 1.24 bits per heavy atom. The molecule has 1 aliphatic rings. The minimum absolute atomic E-state index is 0.110. The summed E-state index contributed by atoms with van der Waals surface area (Å²) in [4.78, 5) is 31.4. The fourth-order valence-corrected chi connectivity index (χ4v) is 4.16. The molecule has 0 bridgehead atoms. The van der Waals surface area contributed by atoms with Gasteiger partial charge in [-0.1, -0.05) is 46.6 Å². The van der Waals surface area contributed by atoms with Gasteiger partial charge >= 0.3 is 5.97 Å². The molecule has 2 aromatic carbocycles. The van der Waals surface area contributed by atoms with Crippen LogP contribution in [0, 0.1) is 12.8 Å². The van der Waals surface area contributed by atoms with Crippen molar-refractivity contribution in [2.45, 2.75) is 33.2 Å². The van der Waals surface area contributed by atoms with E-state index in [4.69, 9.17) is 20.9 Å². The van der Waals surface area contributed by atoms with Crippen LogP contribution in [-0.2, 0) is 16.1 Å². The van der Waals surface area contributed by atoms with Crippen LogP contribution in [0.2, 0.25) is 5.02 Å². The molecule has 8 nitrogen and oxygen atoms in total. The lowest BCUT2D eigenvalue weighted by Gasteiger charge is -2.30. The summed E-state index contributed by atoms with van der Waals surface area (Å²) < 4.78 is 10.4. The van der Waals surface area contributed by atoms with Crippen molar-refractivity contribution in [3.05, 3.63) is 64.5 Å². The third-order valence-corrected chi connectivity index (χ3v) is 6.06. The summed E-state index contributed by atoms with van der Waals surface area (Å²) in [5.41, 5.74) is 2.89. The summed E-state index contributed by atoms with van der Waals surface area (Å²) >= 11 is 6.29. The van der Waals surface area contributed by atoms with Crippen molar-refractivity contribution >= 4 is 29.2 Å². The van der Waals surface area contributed by atoms with Crippen LogP contribution in [0.15, 0.2) is 47.0 Å². The Hall–Kier alpha value is -3.23. The Kier molecular flexibility index (Phi) is 7.59. The van der Waals surface area contributed by atoms with Gasteiger partial charge in [0, 0.05) is 12.1 Å². The number of anilines is 1. The molecule has 9 heteroatoms. The van der Waals surface area contributed by atoms with Gasteiger partial charge in [-0.3, -0.25) is 9.69 Å². The second-order valence-corrected chi connectivity index (χ2v) is 8.76. The van der Waals surface area contributed by atoms with Gasteiger partial charge in [-0.2, -0.15) is 4.98 Å². The molecule has 1 aromatic heterocycles. The van der Waals surface area contributed by atoms with Crippen molar-refractivity contribution in [1.82, 2.24) is 15.0 Å². The summed E-state index contributed by atoms with van der Waals surface area (Å²) in [6.45, 7) is 5.96. The highest BCUT2D eigenvalue weighted by Crippen LogP contribution is 2.26. The van der Waals surface area contributed by atoms with Gasteiger partial charge in [0.1, 0.15) is 0 Å². The van der Waals surface area contributed by atoms with Crippen LogP contribution < -0.4 is 5.32 Å². The van der Waals surface area contributed by atoms with E-state index in [9.17, 15) is 9.59 Å². The molecule has 4 rings (SSSR count). The van der Waals surface area contributed by atoms with Gasteiger partial charge in [0.2, 0.25) is 17.6 Å². The van der Waals surface area contributed by atoms with Crippen LogP contribution in [0.25, 0.3) is 11.4 Å². The number of rotatable bonds is 7. The van der Waals surface area contributed by atoms with Crippen LogP contribution in [0.3, 0.4) is 0 Å². The molecule has 0 radical (unpaired) electrons. The van der Waals surface area contributed by atoms with Gasteiger partial charge in [0.05, 0.1) is 35.3 Å². The number of hydrogen-bond donors (Lipinski definition) is 1. The number of aromatic nitrogens is 2. The van der Waals surface area contributed by atoms with E-state index >= 15 is 0 Å². The fourth-order valence-electron chi connectivity index (χ4n) is 3.94. The van der Waals surface area contributed by atoms with E-state index in [0.717, 1.165) is 24.9 Å². The highest BCUT2D eigenvalue weighted by Gasteiger charge is 2.27. The van der Waals surface area contributed by atoms with E-state index < -0.39 is 5.97 Å². The first-order valence-corrected chi connectivity index (χ1v) is 11.7. The maximum absolute atomic E-state index is 12.9. The number of likely N-dealkylation sites (tertiary alicyclic amines) is 1. The normalized spacial score (nSPS) is 16.3. The summed E-state index contributed by atoms with van der Waals surface area (Å²) in [5.74, 6) is 0.323. The Morgan fingerprint density at radius 2 is 2.03 bits per heavy atom. The van der Waals surface area contributed by atoms with Crippen molar-refractivity contribution in [1.29, 1.82) is 0 Å². The molecule has 0 saturated carbocycles. The monoisotopic (exact) mass is 482 g/mol. The zero-order chi connectivity index (χ0) is 24.1. The number of esters is 1. The van der Waals surface area contributed by atoms with Crippen LogP contribution in [0.5, 0.6) is 0 Å². The molecule has 1 unspecified atom stereocenters. The van der Waals surface area contributed by atoms with Crippen LogP contribution in [0.4, 0.5) is 5.69 Å². The third-order valence-electron chi connectivity index (χ3n) is 5.75. The van der Waals surface area contributed by atoms with E-state index in [1.807, 2.05) is 31.2 Å². The second-order valence-electron chi connectivity index (χ2n) is 8.36. The molecule has 1 saturated heterocycles. The maximum Gasteiger partial charge on any atom is 0.338 e. The molecule has 1 N–H and O–H groups in total. The van der Waals surface area contributed by atoms with Gasteiger partial charge in [0.25, 0.3) is 0 Å². The highest BCUT2D eigenvalue weighted by molar-refractivity contribution is 6.34. The summed E-state index contributed by atoms with van der Waals surface area (Å²) in [7, 11) is 0. The highest BCUT2D eigenvalue weighted by atomic mass is 35.5. The molecule has 1 fully saturated rings. The van der Waals surface area contributed by atoms with Gasteiger partial charge in [0.15, 0.2) is 0 Å². The predicted molar refractivity (Wildman–Crippen MR) is 129 cm³/mol. The topological polar surface area (TPSA) is 97.6 Å². The average Bonchev–Trinajstić information content (AvgIpc) is 3.29. The van der Waals surface area contributed by atoms with Crippen LogP contribution in [-0.4, -0.2) is 46.6 Å².